The summed E-state index contributed by atoms with van der Waals surface area (Å²) in [5, 5.41) is 8.81. The molecule has 3 aromatic heterocycles. The van der Waals surface area contributed by atoms with Crippen LogP contribution < -0.4 is 9.62 Å². The zero-order valence-electron chi connectivity index (χ0n) is 18.4. The molecule has 1 aliphatic rings. The second kappa shape index (κ2) is 9.28. The van der Waals surface area contributed by atoms with E-state index < -0.39 is 11.7 Å². The number of hydrogen-bond acceptors (Lipinski definition) is 7. The number of benzene rings is 1. The van der Waals surface area contributed by atoms with Crippen molar-refractivity contribution < 1.29 is 13.2 Å². The van der Waals surface area contributed by atoms with E-state index in [1.807, 2.05) is 36.2 Å². The minimum atomic E-state index is -4.31. The first kappa shape index (κ1) is 22.7. The highest BCUT2D eigenvalue weighted by Gasteiger charge is 2.30. The molecule has 178 valence electrons. The van der Waals surface area contributed by atoms with Gasteiger partial charge in [0.2, 0.25) is 0 Å². The van der Waals surface area contributed by atoms with Crippen molar-refractivity contribution in [1.82, 2.24) is 33.4 Å². The second-order valence-corrected chi connectivity index (χ2v) is 9.04. The Kier molecular flexibility index (Phi) is 6.19. The standard InChI is InChI=1S/C22H23F3N8S/c1-30-15-18(13-27-30)17-10-20-26-14-21(33(20)28-12-17)31-6-8-32(9-7-31)34-29-11-16-2-4-19(5-3-16)22(23,24)25/h2-5,10,12-15,29H,6-9,11H2,1H3. The van der Waals surface area contributed by atoms with Gasteiger partial charge in [0, 0.05) is 69.2 Å². The summed E-state index contributed by atoms with van der Waals surface area (Å²) in [4.78, 5) is 6.79. The Labute approximate surface area is 198 Å². The molecule has 4 heterocycles. The molecule has 12 heteroatoms. The van der Waals surface area contributed by atoms with Crippen molar-refractivity contribution in [3.63, 3.8) is 0 Å². The molecule has 1 saturated heterocycles. The zero-order valence-corrected chi connectivity index (χ0v) is 19.2. The minimum Gasteiger partial charge on any atom is -0.353 e. The number of rotatable bonds is 6. The van der Waals surface area contributed by atoms with Gasteiger partial charge in [0.15, 0.2) is 11.5 Å². The fraction of sp³-hybridized carbons (Fsp3) is 0.318. The predicted octanol–water partition coefficient (Wildman–Crippen LogP) is 3.62. The van der Waals surface area contributed by atoms with Gasteiger partial charge < -0.3 is 4.90 Å². The van der Waals surface area contributed by atoms with Crippen LogP contribution in [0.2, 0.25) is 0 Å². The minimum absolute atomic E-state index is 0.486. The molecule has 1 N–H and O–H groups in total. The van der Waals surface area contributed by atoms with Crippen molar-refractivity contribution in [2.24, 2.45) is 7.05 Å². The quantitative estimate of drug-likeness (QED) is 0.416. The zero-order chi connectivity index (χ0) is 23.7. The van der Waals surface area contributed by atoms with Crippen molar-refractivity contribution >= 4 is 23.6 Å². The Hall–Kier alpha value is -3.09. The lowest BCUT2D eigenvalue weighted by molar-refractivity contribution is -0.137. The SMILES string of the molecule is Cn1cc(-c2cnn3c(N4CCN(SNCc5ccc(C(F)(F)F)cc5)CC4)cnc3c2)cn1. The largest absolute Gasteiger partial charge is 0.416 e. The van der Waals surface area contributed by atoms with Crippen LogP contribution in [0.4, 0.5) is 19.0 Å². The summed E-state index contributed by atoms with van der Waals surface area (Å²) in [6.07, 6.45) is 3.12. The van der Waals surface area contributed by atoms with Crippen LogP contribution in [0.25, 0.3) is 16.8 Å². The van der Waals surface area contributed by atoms with Crippen LogP contribution in [0.15, 0.2) is 55.1 Å². The number of halogens is 3. The van der Waals surface area contributed by atoms with Crippen LogP contribution in [0.5, 0.6) is 0 Å². The van der Waals surface area contributed by atoms with Gasteiger partial charge in [0.25, 0.3) is 0 Å². The lowest BCUT2D eigenvalue weighted by atomic mass is 10.1. The summed E-state index contributed by atoms with van der Waals surface area (Å²) in [6, 6.07) is 7.25. The number of piperazine rings is 1. The molecule has 1 aliphatic heterocycles. The molecule has 1 fully saturated rings. The number of nitrogens with one attached hydrogen (secondary N) is 1. The van der Waals surface area contributed by atoms with Crippen molar-refractivity contribution in [2.45, 2.75) is 12.7 Å². The highest BCUT2D eigenvalue weighted by molar-refractivity contribution is 7.95. The summed E-state index contributed by atoms with van der Waals surface area (Å²) in [5.41, 5.74) is 2.93. The number of alkyl halides is 3. The van der Waals surface area contributed by atoms with E-state index in [-0.39, 0.29) is 0 Å². The van der Waals surface area contributed by atoms with Gasteiger partial charge in [-0.2, -0.15) is 27.9 Å². The molecule has 0 bridgehead atoms. The monoisotopic (exact) mass is 488 g/mol. The first-order chi connectivity index (χ1) is 16.4. The molecule has 0 radical (unpaired) electrons. The van der Waals surface area contributed by atoms with Crippen LogP contribution in [-0.4, -0.2) is 54.9 Å². The molecule has 1 aromatic carbocycles. The summed E-state index contributed by atoms with van der Waals surface area (Å²) in [7, 11) is 1.88. The summed E-state index contributed by atoms with van der Waals surface area (Å²) < 4.78 is 47.1. The van der Waals surface area contributed by atoms with Crippen molar-refractivity contribution in [1.29, 1.82) is 0 Å². The van der Waals surface area contributed by atoms with Gasteiger partial charge in [-0.25, -0.2) is 14.0 Å². The number of imidazole rings is 1. The summed E-state index contributed by atoms with van der Waals surface area (Å²) in [5.74, 6) is 0.954. The fourth-order valence-electron chi connectivity index (χ4n) is 3.83. The average molecular weight is 489 g/mol. The Bertz CT molecular complexity index is 1260. The number of hydrogen-bond donors (Lipinski definition) is 1. The van der Waals surface area contributed by atoms with Gasteiger partial charge >= 0.3 is 6.18 Å². The van der Waals surface area contributed by atoms with E-state index in [2.05, 4.69) is 29.1 Å². The smallest absolute Gasteiger partial charge is 0.353 e. The molecule has 34 heavy (non-hydrogen) atoms. The van der Waals surface area contributed by atoms with Gasteiger partial charge in [-0.15, -0.1) is 0 Å². The highest BCUT2D eigenvalue weighted by atomic mass is 32.2. The van der Waals surface area contributed by atoms with Crippen LogP contribution in [0, 0.1) is 0 Å². The first-order valence-electron chi connectivity index (χ1n) is 10.8. The van der Waals surface area contributed by atoms with E-state index >= 15 is 0 Å². The number of nitrogens with zero attached hydrogens (tertiary/aromatic N) is 7. The van der Waals surface area contributed by atoms with E-state index in [4.69, 9.17) is 0 Å². The number of aryl methyl sites for hydroxylation is 1. The first-order valence-corrected chi connectivity index (χ1v) is 11.5. The molecule has 0 atom stereocenters. The predicted molar refractivity (Wildman–Crippen MR) is 125 cm³/mol. The van der Waals surface area contributed by atoms with Gasteiger partial charge in [0.1, 0.15) is 0 Å². The molecule has 0 spiro atoms. The Morgan fingerprint density at radius 1 is 0.971 bits per heavy atom. The number of anilines is 1. The lowest BCUT2D eigenvalue weighted by Gasteiger charge is -2.34. The molecule has 0 unspecified atom stereocenters. The van der Waals surface area contributed by atoms with Gasteiger partial charge in [-0.1, -0.05) is 12.1 Å². The topological polar surface area (TPSA) is 66.5 Å². The van der Waals surface area contributed by atoms with Crippen LogP contribution >= 0.6 is 12.1 Å². The molecule has 0 saturated carbocycles. The highest BCUT2D eigenvalue weighted by Crippen LogP contribution is 2.29. The molecular weight excluding hydrogens is 465 g/mol. The normalized spacial score (nSPS) is 15.4. The molecule has 0 amide bonds. The molecule has 0 aliphatic carbocycles. The molecule has 8 nitrogen and oxygen atoms in total. The van der Waals surface area contributed by atoms with Gasteiger partial charge in [-0.05, 0) is 23.8 Å². The summed E-state index contributed by atoms with van der Waals surface area (Å²) in [6.45, 7) is 3.76. The number of fused-ring (bicyclic) bond motifs is 1. The van der Waals surface area contributed by atoms with Gasteiger partial charge in [0.05, 0.1) is 24.2 Å². The summed E-state index contributed by atoms with van der Waals surface area (Å²) >= 11 is 1.49. The van der Waals surface area contributed by atoms with Crippen LogP contribution in [0.3, 0.4) is 0 Å². The Balaban J connectivity index is 1.14. The molecular formula is C22H23F3N8S. The van der Waals surface area contributed by atoms with E-state index in [0.29, 0.717) is 6.54 Å². The third-order valence-electron chi connectivity index (χ3n) is 5.70. The van der Waals surface area contributed by atoms with E-state index in [1.54, 1.807) is 10.9 Å². The second-order valence-electron chi connectivity index (χ2n) is 8.06. The maximum Gasteiger partial charge on any atom is 0.416 e. The lowest BCUT2D eigenvalue weighted by Crippen LogP contribution is -2.44. The average Bonchev–Trinajstić information content (AvgIpc) is 3.45. The molecule has 5 rings (SSSR count). The third-order valence-corrected chi connectivity index (χ3v) is 6.59. The van der Waals surface area contributed by atoms with E-state index in [0.717, 1.165) is 66.5 Å². The van der Waals surface area contributed by atoms with Crippen molar-refractivity contribution in [2.75, 3.05) is 31.1 Å². The van der Waals surface area contributed by atoms with Crippen molar-refractivity contribution in [3.05, 3.63) is 66.2 Å². The van der Waals surface area contributed by atoms with E-state index in [1.165, 1.54) is 24.3 Å². The van der Waals surface area contributed by atoms with Crippen LogP contribution in [0.1, 0.15) is 11.1 Å². The van der Waals surface area contributed by atoms with Crippen molar-refractivity contribution in [3.8, 4) is 11.1 Å². The Morgan fingerprint density at radius 3 is 2.38 bits per heavy atom. The van der Waals surface area contributed by atoms with E-state index in [9.17, 15) is 13.2 Å². The maximum atomic E-state index is 12.7. The molecule has 4 aromatic rings. The number of aromatic nitrogens is 5. The maximum absolute atomic E-state index is 12.7. The van der Waals surface area contributed by atoms with Crippen LogP contribution in [-0.2, 0) is 19.8 Å². The third kappa shape index (κ3) is 4.88. The Morgan fingerprint density at radius 2 is 1.71 bits per heavy atom. The fourth-order valence-corrected chi connectivity index (χ4v) is 4.59. The van der Waals surface area contributed by atoms with Gasteiger partial charge in [-0.3, -0.25) is 4.68 Å².